The van der Waals surface area contributed by atoms with Gasteiger partial charge in [-0.25, -0.2) is 13.4 Å². The molecule has 0 spiro atoms. The highest BCUT2D eigenvalue weighted by Gasteiger charge is 2.32. The number of piperazine rings is 1. The van der Waals surface area contributed by atoms with Gasteiger partial charge in [-0.1, -0.05) is 23.2 Å². The summed E-state index contributed by atoms with van der Waals surface area (Å²) >= 11 is 12.1. The molecule has 3 N–H and O–H groups in total. The Morgan fingerprint density at radius 2 is 1.67 bits per heavy atom. The summed E-state index contributed by atoms with van der Waals surface area (Å²) in [6, 6.07) is 7.89. The number of benzene rings is 1. The molecule has 1 aromatic carbocycles. The van der Waals surface area contributed by atoms with Crippen molar-refractivity contribution in [3.8, 4) is 0 Å². The molecule has 1 saturated heterocycles. The molecule has 24 heavy (non-hydrogen) atoms. The summed E-state index contributed by atoms with van der Waals surface area (Å²) < 4.78 is 26.8. The lowest BCUT2D eigenvalue weighted by atomic mass is 10.3. The second kappa shape index (κ2) is 6.76. The molecule has 2 heterocycles. The molecule has 1 aliphatic heterocycles. The molecule has 0 saturated carbocycles. The minimum atomic E-state index is -3.51. The fourth-order valence-corrected chi connectivity index (χ4v) is 4.55. The van der Waals surface area contributed by atoms with E-state index in [1.54, 1.807) is 24.4 Å². The Bertz CT molecular complexity index is 835. The maximum atomic E-state index is 12.7. The predicted octanol–water partition coefficient (Wildman–Crippen LogP) is 1.90. The summed E-state index contributed by atoms with van der Waals surface area (Å²) in [7, 11) is -3.51. The Morgan fingerprint density at radius 1 is 1.04 bits per heavy atom. The standard InChI is InChI=1S/C15H16Cl2N4O2S/c16-11-9-14(17)15(19-10-11)20-5-7-21(8-6-20)24(22,23)13-3-1-12(18)2-4-13/h1-4,9-10H,5-8,18H2/p+1. The number of anilines is 2. The average Bonchev–Trinajstić information content (AvgIpc) is 2.55. The Morgan fingerprint density at radius 3 is 2.25 bits per heavy atom. The van der Waals surface area contributed by atoms with Gasteiger partial charge in [0.25, 0.3) is 5.82 Å². The molecular weight excluding hydrogens is 371 g/mol. The lowest BCUT2D eigenvalue weighted by molar-refractivity contribution is -0.364. The van der Waals surface area contributed by atoms with E-state index < -0.39 is 10.0 Å². The van der Waals surface area contributed by atoms with Crippen LogP contribution in [0.25, 0.3) is 0 Å². The zero-order valence-electron chi connectivity index (χ0n) is 12.7. The first-order valence-electron chi connectivity index (χ1n) is 7.35. The normalized spacial score (nSPS) is 16.3. The van der Waals surface area contributed by atoms with Crippen LogP contribution in [-0.4, -0.2) is 38.9 Å². The van der Waals surface area contributed by atoms with Crippen molar-refractivity contribution in [3.63, 3.8) is 0 Å². The Labute approximate surface area is 150 Å². The molecule has 128 valence electrons. The van der Waals surface area contributed by atoms with Crippen molar-refractivity contribution in [3.05, 3.63) is 46.6 Å². The van der Waals surface area contributed by atoms with Crippen LogP contribution in [-0.2, 0) is 10.0 Å². The monoisotopic (exact) mass is 387 g/mol. The van der Waals surface area contributed by atoms with Crippen molar-refractivity contribution in [1.29, 1.82) is 0 Å². The lowest BCUT2D eigenvalue weighted by Gasteiger charge is -2.30. The zero-order valence-corrected chi connectivity index (χ0v) is 15.1. The van der Waals surface area contributed by atoms with Gasteiger partial charge in [0.1, 0.15) is 11.2 Å². The number of H-pyrrole nitrogens is 1. The van der Waals surface area contributed by atoms with Gasteiger partial charge in [0.05, 0.1) is 36.1 Å². The van der Waals surface area contributed by atoms with Crippen LogP contribution in [0.5, 0.6) is 0 Å². The first-order chi connectivity index (χ1) is 11.4. The second-order valence-electron chi connectivity index (χ2n) is 5.47. The molecule has 0 unspecified atom stereocenters. The molecule has 0 bridgehead atoms. The molecule has 1 aromatic heterocycles. The van der Waals surface area contributed by atoms with Gasteiger partial charge in [0, 0.05) is 5.69 Å². The average molecular weight is 388 g/mol. The number of pyridine rings is 1. The number of halogens is 2. The van der Waals surface area contributed by atoms with Crippen molar-refractivity contribution in [1.82, 2.24) is 4.31 Å². The molecule has 0 atom stereocenters. The number of hydrogen-bond donors (Lipinski definition) is 1. The van der Waals surface area contributed by atoms with Gasteiger partial charge in [-0.15, -0.1) is 0 Å². The number of nitrogen functional groups attached to an aromatic ring is 1. The molecular formula is C15H17Cl2N4O2S+. The van der Waals surface area contributed by atoms with Crippen LogP contribution in [0.2, 0.25) is 10.0 Å². The molecule has 3 rings (SSSR count). The van der Waals surface area contributed by atoms with E-state index in [-0.39, 0.29) is 4.90 Å². The minimum Gasteiger partial charge on any atom is -0.399 e. The van der Waals surface area contributed by atoms with Crippen LogP contribution in [0.3, 0.4) is 0 Å². The van der Waals surface area contributed by atoms with Crippen molar-refractivity contribution in [2.45, 2.75) is 4.90 Å². The number of nitrogens with zero attached hydrogens (tertiary/aromatic N) is 2. The van der Waals surface area contributed by atoms with Gasteiger partial charge in [-0.05, 0) is 30.3 Å². The third-order valence-corrected chi connectivity index (χ3v) is 6.33. The van der Waals surface area contributed by atoms with E-state index in [0.29, 0.717) is 41.9 Å². The maximum Gasteiger partial charge on any atom is 0.293 e. The summed E-state index contributed by atoms with van der Waals surface area (Å²) in [6.07, 6.45) is 1.65. The van der Waals surface area contributed by atoms with Gasteiger partial charge in [-0.3, -0.25) is 4.90 Å². The highest BCUT2D eigenvalue weighted by Crippen LogP contribution is 2.25. The van der Waals surface area contributed by atoms with Gasteiger partial charge >= 0.3 is 0 Å². The number of rotatable bonds is 3. The molecule has 0 radical (unpaired) electrons. The van der Waals surface area contributed by atoms with E-state index >= 15 is 0 Å². The van der Waals surface area contributed by atoms with E-state index in [1.807, 2.05) is 4.90 Å². The molecule has 9 heteroatoms. The molecule has 0 aliphatic carbocycles. The number of hydrogen-bond acceptors (Lipinski definition) is 4. The number of aromatic amines is 1. The van der Waals surface area contributed by atoms with Crippen LogP contribution in [0.15, 0.2) is 41.4 Å². The van der Waals surface area contributed by atoms with Crippen LogP contribution in [0, 0.1) is 0 Å². The Hall–Kier alpha value is -1.54. The molecule has 2 aromatic rings. The first-order valence-corrected chi connectivity index (χ1v) is 9.55. The predicted molar refractivity (Wildman–Crippen MR) is 94.8 cm³/mol. The molecule has 0 amide bonds. The zero-order chi connectivity index (χ0) is 17.3. The smallest absolute Gasteiger partial charge is 0.293 e. The van der Waals surface area contributed by atoms with Crippen molar-refractivity contribution in [2.75, 3.05) is 36.8 Å². The third kappa shape index (κ3) is 3.44. The van der Waals surface area contributed by atoms with E-state index in [0.717, 1.165) is 5.82 Å². The van der Waals surface area contributed by atoms with Crippen LogP contribution in [0.4, 0.5) is 11.5 Å². The quantitative estimate of drug-likeness (QED) is 0.815. The minimum absolute atomic E-state index is 0.251. The van der Waals surface area contributed by atoms with Gasteiger partial charge in [-0.2, -0.15) is 4.31 Å². The Kier molecular flexibility index (Phi) is 4.87. The fraction of sp³-hybridized carbons (Fsp3) is 0.267. The van der Waals surface area contributed by atoms with E-state index in [9.17, 15) is 8.42 Å². The molecule has 1 aliphatic rings. The summed E-state index contributed by atoms with van der Waals surface area (Å²) in [6.45, 7) is 1.82. The van der Waals surface area contributed by atoms with Crippen molar-refractivity contribution < 1.29 is 13.4 Å². The number of aromatic nitrogens is 1. The van der Waals surface area contributed by atoms with Gasteiger partial charge in [0.15, 0.2) is 0 Å². The number of nitrogens with two attached hydrogens (primary N) is 1. The number of nitrogens with one attached hydrogen (secondary N) is 1. The Balaban J connectivity index is 1.73. The topological polar surface area (TPSA) is 80.8 Å². The number of sulfonamides is 1. The summed E-state index contributed by atoms with van der Waals surface area (Å²) in [4.78, 5) is 5.31. The van der Waals surface area contributed by atoms with E-state index in [2.05, 4.69) is 4.98 Å². The molecule has 6 nitrogen and oxygen atoms in total. The van der Waals surface area contributed by atoms with E-state index in [1.165, 1.54) is 16.4 Å². The SMILES string of the molecule is Nc1ccc(S(=O)(=O)N2CCN(c3[nH+]cc(Cl)cc3Cl)CC2)cc1. The summed E-state index contributed by atoms with van der Waals surface area (Å²) in [5, 5.41) is 1.03. The third-order valence-electron chi connectivity index (χ3n) is 3.91. The second-order valence-corrected chi connectivity index (χ2v) is 8.26. The maximum absolute atomic E-state index is 12.7. The fourth-order valence-electron chi connectivity index (χ4n) is 2.62. The highest BCUT2D eigenvalue weighted by molar-refractivity contribution is 7.89. The van der Waals surface area contributed by atoms with Crippen molar-refractivity contribution in [2.24, 2.45) is 0 Å². The molecule has 1 fully saturated rings. The largest absolute Gasteiger partial charge is 0.399 e. The van der Waals surface area contributed by atoms with Crippen molar-refractivity contribution >= 4 is 44.7 Å². The highest BCUT2D eigenvalue weighted by atomic mass is 35.5. The summed E-state index contributed by atoms with van der Waals surface area (Å²) in [5.41, 5.74) is 6.15. The van der Waals surface area contributed by atoms with Crippen LogP contribution < -0.4 is 15.6 Å². The van der Waals surface area contributed by atoms with Crippen LogP contribution >= 0.6 is 23.2 Å². The van der Waals surface area contributed by atoms with Gasteiger partial charge < -0.3 is 5.73 Å². The summed E-state index contributed by atoms with van der Waals surface area (Å²) in [5.74, 6) is 0.741. The first kappa shape index (κ1) is 17.3. The van der Waals surface area contributed by atoms with Gasteiger partial charge in [0.2, 0.25) is 10.0 Å². The van der Waals surface area contributed by atoms with Crippen LogP contribution in [0.1, 0.15) is 0 Å². The van der Waals surface area contributed by atoms with E-state index in [4.69, 9.17) is 28.9 Å². The lowest BCUT2D eigenvalue weighted by Crippen LogP contribution is -2.50.